The Bertz CT molecular complexity index is 845. The Morgan fingerprint density at radius 3 is 2.85 bits per heavy atom. The summed E-state index contributed by atoms with van der Waals surface area (Å²) in [6, 6.07) is 9.80. The van der Waals surface area contributed by atoms with E-state index in [0.717, 1.165) is 29.2 Å². The molecule has 0 radical (unpaired) electrons. The minimum absolute atomic E-state index is 0.167. The zero-order valence-corrected chi connectivity index (χ0v) is 15.6. The molecule has 2 heterocycles. The first-order valence-electron chi connectivity index (χ1n) is 8.90. The fraction of sp³-hybridized carbons (Fsp3) is 0.368. The van der Waals surface area contributed by atoms with Gasteiger partial charge in [-0.15, -0.1) is 0 Å². The highest BCUT2D eigenvalue weighted by molar-refractivity contribution is 5.61. The number of nitrogens with one attached hydrogen (secondary N) is 2. The lowest BCUT2D eigenvalue weighted by molar-refractivity contribution is 0.271. The molecule has 0 saturated heterocycles. The molecule has 3 rings (SSSR count). The molecule has 2 aromatic heterocycles. The molecule has 3 N–H and O–H groups in total. The van der Waals surface area contributed by atoms with Gasteiger partial charge in [-0.05, 0) is 37.1 Å². The van der Waals surface area contributed by atoms with Gasteiger partial charge in [-0.3, -0.25) is 0 Å². The molecular weight excluding hydrogens is 346 g/mol. The van der Waals surface area contributed by atoms with E-state index in [9.17, 15) is 0 Å². The van der Waals surface area contributed by atoms with E-state index in [1.165, 1.54) is 0 Å². The fourth-order valence-corrected chi connectivity index (χ4v) is 2.69. The van der Waals surface area contributed by atoms with E-state index < -0.39 is 0 Å². The molecule has 0 saturated carbocycles. The van der Waals surface area contributed by atoms with Gasteiger partial charge in [0.05, 0.1) is 25.1 Å². The lowest BCUT2D eigenvalue weighted by Gasteiger charge is -2.15. The predicted molar refractivity (Wildman–Crippen MR) is 103 cm³/mol. The molecular formula is C19H25N5O3. The molecule has 0 fully saturated rings. The third-order valence-electron chi connectivity index (χ3n) is 4.06. The number of aliphatic hydroxyl groups excluding tert-OH is 1. The second-order valence-electron chi connectivity index (χ2n) is 6.14. The van der Waals surface area contributed by atoms with Gasteiger partial charge in [-0.2, -0.15) is 10.1 Å². The quantitative estimate of drug-likeness (QED) is 0.471. The minimum Gasteiger partial charge on any atom is -0.491 e. The van der Waals surface area contributed by atoms with Gasteiger partial charge >= 0.3 is 0 Å². The van der Waals surface area contributed by atoms with Crippen LogP contribution in [0.5, 0.6) is 5.75 Å². The van der Waals surface area contributed by atoms with Crippen molar-refractivity contribution in [3.63, 3.8) is 0 Å². The molecule has 0 spiro atoms. The van der Waals surface area contributed by atoms with E-state index in [1.807, 2.05) is 37.3 Å². The summed E-state index contributed by atoms with van der Waals surface area (Å²) in [5.41, 5.74) is 2.09. The maximum absolute atomic E-state index is 9.07. The first kappa shape index (κ1) is 18.8. The monoisotopic (exact) mass is 371 g/mol. The Morgan fingerprint density at radius 2 is 2.11 bits per heavy atom. The average molecular weight is 371 g/mol. The number of hydrogen-bond acceptors (Lipinski definition) is 7. The van der Waals surface area contributed by atoms with Crippen molar-refractivity contribution in [2.45, 2.75) is 26.5 Å². The van der Waals surface area contributed by atoms with Crippen LogP contribution in [-0.4, -0.2) is 33.0 Å². The Kier molecular flexibility index (Phi) is 6.32. The normalized spacial score (nSPS) is 10.8. The van der Waals surface area contributed by atoms with Crippen LogP contribution >= 0.6 is 0 Å². The maximum Gasteiger partial charge on any atom is 0.221 e. The van der Waals surface area contributed by atoms with Gasteiger partial charge < -0.3 is 24.9 Å². The molecule has 0 aliphatic carbocycles. The summed E-state index contributed by atoms with van der Waals surface area (Å²) >= 11 is 0. The Morgan fingerprint density at radius 1 is 1.22 bits per heavy atom. The van der Waals surface area contributed by atoms with E-state index in [2.05, 4.69) is 20.7 Å². The maximum atomic E-state index is 9.07. The van der Waals surface area contributed by atoms with E-state index in [-0.39, 0.29) is 6.61 Å². The van der Waals surface area contributed by atoms with Gasteiger partial charge in [-0.1, -0.05) is 12.1 Å². The van der Waals surface area contributed by atoms with Crippen LogP contribution in [0.2, 0.25) is 0 Å². The van der Waals surface area contributed by atoms with E-state index in [0.29, 0.717) is 31.5 Å². The molecule has 0 amide bonds. The molecule has 0 aliphatic rings. The summed E-state index contributed by atoms with van der Waals surface area (Å²) in [4.78, 5) is 4.19. The van der Waals surface area contributed by atoms with Gasteiger partial charge in [-0.25, -0.2) is 4.68 Å². The fourth-order valence-electron chi connectivity index (χ4n) is 2.69. The Labute approximate surface area is 158 Å². The smallest absolute Gasteiger partial charge is 0.221 e. The van der Waals surface area contributed by atoms with E-state index in [1.54, 1.807) is 18.0 Å². The van der Waals surface area contributed by atoms with Gasteiger partial charge in [0.1, 0.15) is 18.1 Å². The Hall–Kier alpha value is -3.00. The van der Waals surface area contributed by atoms with Crippen LogP contribution < -0.4 is 15.4 Å². The lowest BCUT2D eigenvalue weighted by atomic mass is 10.2. The van der Waals surface area contributed by atoms with Crippen LogP contribution in [-0.2, 0) is 20.2 Å². The number of aliphatic hydroxyl groups is 1. The molecule has 0 bridgehead atoms. The van der Waals surface area contributed by atoms with Gasteiger partial charge in [0.25, 0.3) is 0 Å². The van der Waals surface area contributed by atoms with Crippen LogP contribution in [0, 0.1) is 6.92 Å². The molecule has 27 heavy (non-hydrogen) atoms. The zero-order valence-electron chi connectivity index (χ0n) is 15.6. The number of aromatic nitrogens is 3. The number of hydrogen-bond donors (Lipinski definition) is 3. The van der Waals surface area contributed by atoms with Gasteiger partial charge in [0, 0.05) is 13.6 Å². The van der Waals surface area contributed by atoms with Crippen molar-refractivity contribution >= 4 is 11.6 Å². The predicted octanol–water partition coefficient (Wildman–Crippen LogP) is 2.70. The molecule has 0 unspecified atom stereocenters. The van der Waals surface area contributed by atoms with Crippen molar-refractivity contribution in [2.75, 3.05) is 23.8 Å². The van der Waals surface area contributed by atoms with Crippen molar-refractivity contribution in [1.29, 1.82) is 0 Å². The van der Waals surface area contributed by atoms with Crippen LogP contribution in [0.25, 0.3) is 0 Å². The van der Waals surface area contributed by atoms with Crippen LogP contribution in [0.3, 0.4) is 0 Å². The van der Waals surface area contributed by atoms with Crippen LogP contribution in [0.1, 0.15) is 23.6 Å². The topological polar surface area (TPSA) is 97.4 Å². The van der Waals surface area contributed by atoms with Crippen molar-refractivity contribution in [2.24, 2.45) is 7.05 Å². The third kappa shape index (κ3) is 5.01. The summed E-state index contributed by atoms with van der Waals surface area (Å²) in [5, 5.41) is 19.7. The highest BCUT2D eigenvalue weighted by Crippen LogP contribution is 2.28. The lowest BCUT2D eigenvalue weighted by Crippen LogP contribution is -2.11. The van der Waals surface area contributed by atoms with E-state index >= 15 is 0 Å². The number of ether oxygens (including phenoxy) is 1. The van der Waals surface area contributed by atoms with Crippen LogP contribution in [0.15, 0.2) is 41.0 Å². The van der Waals surface area contributed by atoms with E-state index in [4.69, 9.17) is 14.3 Å². The molecule has 1 aromatic carbocycles. The van der Waals surface area contributed by atoms with Gasteiger partial charge in [0.15, 0.2) is 5.82 Å². The van der Waals surface area contributed by atoms with Crippen LogP contribution in [0.4, 0.5) is 11.6 Å². The van der Waals surface area contributed by atoms with Crippen molar-refractivity contribution in [1.82, 2.24) is 14.8 Å². The molecule has 0 aliphatic heterocycles. The highest BCUT2D eigenvalue weighted by atomic mass is 16.5. The summed E-state index contributed by atoms with van der Waals surface area (Å²) in [6.07, 6.45) is 2.47. The molecule has 3 aromatic rings. The molecule has 8 heteroatoms. The largest absolute Gasteiger partial charge is 0.491 e. The number of anilines is 2. The third-order valence-corrected chi connectivity index (χ3v) is 4.06. The SMILES string of the molecule is Cc1cccc(OCCCNc2nc(CO)nn2C)c1NCc1ccco1. The Balaban J connectivity index is 1.48. The number of furan rings is 1. The number of benzene rings is 1. The molecule has 8 nitrogen and oxygen atoms in total. The summed E-state index contributed by atoms with van der Waals surface area (Å²) in [7, 11) is 1.79. The van der Waals surface area contributed by atoms with Crippen molar-refractivity contribution < 1.29 is 14.3 Å². The highest BCUT2D eigenvalue weighted by Gasteiger charge is 2.08. The first-order valence-corrected chi connectivity index (χ1v) is 8.90. The summed E-state index contributed by atoms with van der Waals surface area (Å²) < 4.78 is 13.0. The van der Waals surface area contributed by atoms with Crippen molar-refractivity contribution in [3.05, 3.63) is 53.7 Å². The summed E-state index contributed by atoms with van der Waals surface area (Å²) in [5.74, 6) is 2.74. The number of nitrogens with zero attached hydrogens (tertiary/aromatic N) is 3. The standard InChI is InChI=1S/C19H25N5O3/c1-14-6-3-8-16(18(14)21-12-15-7-4-10-26-15)27-11-5-9-20-19-22-17(13-25)23-24(19)2/h3-4,6-8,10,21,25H,5,9,11-13H2,1-2H3,(H,20,22,23). The number of aryl methyl sites for hydroxylation is 2. The van der Waals surface area contributed by atoms with Crippen molar-refractivity contribution in [3.8, 4) is 5.75 Å². The summed E-state index contributed by atoms with van der Waals surface area (Å²) in [6.45, 7) is 3.75. The number of rotatable bonds is 10. The first-order chi connectivity index (χ1) is 13.2. The zero-order chi connectivity index (χ0) is 19.1. The minimum atomic E-state index is -0.167. The number of para-hydroxylation sites is 1. The molecule has 144 valence electrons. The molecule has 0 atom stereocenters. The van der Waals surface area contributed by atoms with Gasteiger partial charge in [0.2, 0.25) is 5.95 Å². The average Bonchev–Trinajstić information content (AvgIpc) is 3.30. The second kappa shape index (κ2) is 9.09. The second-order valence-corrected chi connectivity index (χ2v) is 6.14.